The molecule has 3 aromatic rings. The van der Waals surface area contributed by atoms with Crippen LogP contribution in [0.25, 0.3) is 10.9 Å². The van der Waals surface area contributed by atoms with Gasteiger partial charge in [-0.15, -0.1) is 0 Å². The lowest BCUT2D eigenvalue weighted by molar-refractivity contribution is 0.104. The van der Waals surface area contributed by atoms with Crippen LogP contribution in [0.2, 0.25) is 10.0 Å². The molecule has 0 bridgehead atoms. The Balaban J connectivity index is 2.15. The van der Waals surface area contributed by atoms with E-state index in [-0.39, 0.29) is 16.4 Å². The van der Waals surface area contributed by atoms with Crippen LogP contribution in [0.4, 0.5) is 4.39 Å². The van der Waals surface area contributed by atoms with Crippen LogP contribution in [0.1, 0.15) is 15.9 Å². The van der Waals surface area contributed by atoms with E-state index in [4.69, 9.17) is 23.2 Å². The zero-order valence-corrected chi connectivity index (χ0v) is 11.6. The first-order valence-electron chi connectivity index (χ1n) is 5.82. The minimum absolute atomic E-state index is 0.0892. The normalized spacial score (nSPS) is 10.9. The zero-order valence-electron chi connectivity index (χ0n) is 10.1. The van der Waals surface area contributed by atoms with Crippen molar-refractivity contribution < 1.29 is 9.18 Å². The number of hydrogen-bond donors (Lipinski definition) is 1. The maximum atomic E-state index is 13.0. The molecule has 2 aromatic carbocycles. The third-order valence-corrected chi connectivity index (χ3v) is 3.61. The van der Waals surface area contributed by atoms with Gasteiger partial charge in [0.1, 0.15) is 5.82 Å². The van der Waals surface area contributed by atoms with Crippen LogP contribution in [0.15, 0.2) is 42.6 Å². The number of ketones is 1. The molecule has 0 radical (unpaired) electrons. The first kappa shape index (κ1) is 13.2. The van der Waals surface area contributed by atoms with Crippen molar-refractivity contribution in [2.75, 3.05) is 0 Å². The SMILES string of the molecule is O=C(c1ccc(F)cc1Cl)c1c[nH]c2ccc(Cl)cc12. The second kappa shape index (κ2) is 4.93. The molecular weight excluding hydrogens is 300 g/mol. The van der Waals surface area contributed by atoms with Gasteiger partial charge in [-0.05, 0) is 36.4 Å². The van der Waals surface area contributed by atoms with E-state index >= 15 is 0 Å². The summed E-state index contributed by atoms with van der Waals surface area (Å²) in [5.41, 5.74) is 1.51. The van der Waals surface area contributed by atoms with E-state index in [9.17, 15) is 9.18 Å². The van der Waals surface area contributed by atoms with Crippen LogP contribution in [0.5, 0.6) is 0 Å². The molecule has 1 aromatic heterocycles. The molecule has 0 amide bonds. The van der Waals surface area contributed by atoms with Crippen LogP contribution in [-0.2, 0) is 0 Å². The Morgan fingerprint density at radius 1 is 1.05 bits per heavy atom. The fourth-order valence-electron chi connectivity index (χ4n) is 2.10. The molecule has 0 aliphatic carbocycles. The molecule has 1 N–H and O–H groups in total. The number of benzene rings is 2. The molecule has 0 saturated heterocycles. The van der Waals surface area contributed by atoms with Crippen molar-refractivity contribution in [2.24, 2.45) is 0 Å². The van der Waals surface area contributed by atoms with E-state index in [2.05, 4.69) is 4.98 Å². The number of halogens is 3. The number of aromatic nitrogens is 1. The molecule has 0 atom stereocenters. The van der Waals surface area contributed by atoms with Crippen molar-refractivity contribution in [2.45, 2.75) is 0 Å². The summed E-state index contributed by atoms with van der Waals surface area (Å²) in [6, 6.07) is 8.94. The fraction of sp³-hybridized carbons (Fsp3) is 0. The molecule has 0 saturated carbocycles. The lowest BCUT2D eigenvalue weighted by Gasteiger charge is -2.03. The van der Waals surface area contributed by atoms with Gasteiger partial charge < -0.3 is 4.98 Å². The Morgan fingerprint density at radius 2 is 1.85 bits per heavy atom. The van der Waals surface area contributed by atoms with E-state index in [0.29, 0.717) is 16.0 Å². The number of aromatic amines is 1. The Labute approximate surface area is 124 Å². The van der Waals surface area contributed by atoms with Crippen LogP contribution >= 0.6 is 23.2 Å². The van der Waals surface area contributed by atoms with E-state index in [0.717, 1.165) is 11.6 Å². The number of carbonyl (C=O) groups is 1. The molecule has 0 aliphatic heterocycles. The minimum Gasteiger partial charge on any atom is -0.360 e. The maximum absolute atomic E-state index is 13.0. The Hall–Kier alpha value is -1.84. The number of rotatable bonds is 2. The summed E-state index contributed by atoms with van der Waals surface area (Å²) in [4.78, 5) is 15.5. The summed E-state index contributed by atoms with van der Waals surface area (Å²) in [6.45, 7) is 0. The van der Waals surface area contributed by atoms with Crippen molar-refractivity contribution in [3.05, 3.63) is 69.6 Å². The third-order valence-electron chi connectivity index (χ3n) is 3.06. The average Bonchev–Trinajstić information content (AvgIpc) is 2.81. The van der Waals surface area contributed by atoms with Crippen LogP contribution < -0.4 is 0 Å². The molecule has 2 nitrogen and oxygen atoms in total. The summed E-state index contributed by atoms with van der Waals surface area (Å²) in [5.74, 6) is -0.753. The average molecular weight is 308 g/mol. The molecule has 0 fully saturated rings. The Morgan fingerprint density at radius 3 is 2.60 bits per heavy atom. The predicted octanol–water partition coefficient (Wildman–Crippen LogP) is 4.84. The van der Waals surface area contributed by atoms with Gasteiger partial charge in [0.25, 0.3) is 0 Å². The molecule has 3 rings (SSSR count). The summed E-state index contributed by atoms with van der Waals surface area (Å²) in [5, 5.41) is 1.34. The van der Waals surface area contributed by atoms with Crippen LogP contribution in [-0.4, -0.2) is 10.8 Å². The molecule has 100 valence electrons. The monoisotopic (exact) mass is 307 g/mol. The third kappa shape index (κ3) is 2.19. The molecule has 5 heteroatoms. The topological polar surface area (TPSA) is 32.9 Å². The summed E-state index contributed by atoms with van der Waals surface area (Å²) < 4.78 is 13.0. The highest BCUT2D eigenvalue weighted by Crippen LogP contribution is 2.27. The Kier molecular flexibility index (Phi) is 3.24. The lowest BCUT2D eigenvalue weighted by Crippen LogP contribution is -2.01. The van der Waals surface area contributed by atoms with Crippen molar-refractivity contribution in [3.63, 3.8) is 0 Å². The van der Waals surface area contributed by atoms with Crippen LogP contribution in [0, 0.1) is 5.82 Å². The number of fused-ring (bicyclic) bond motifs is 1. The standard InChI is InChI=1S/C15H8Cl2FNO/c16-8-1-4-14-11(5-8)12(7-19-14)15(20)10-3-2-9(18)6-13(10)17/h1-7,19H. The second-order valence-electron chi connectivity index (χ2n) is 4.35. The number of carbonyl (C=O) groups excluding carboxylic acids is 1. The smallest absolute Gasteiger partial charge is 0.196 e. The van der Waals surface area contributed by atoms with E-state index < -0.39 is 5.82 Å². The van der Waals surface area contributed by atoms with Gasteiger partial charge in [-0.25, -0.2) is 4.39 Å². The van der Waals surface area contributed by atoms with Gasteiger partial charge in [0.2, 0.25) is 0 Å². The van der Waals surface area contributed by atoms with Gasteiger partial charge >= 0.3 is 0 Å². The van der Waals surface area contributed by atoms with E-state index in [1.165, 1.54) is 12.1 Å². The summed E-state index contributed by atoms with van der Waals surface area (Å²) in [6.07, 6.45) is 1.60. The van der Waals surface area contributed by atoms with Gasteiger partial charge in [0, 0.05) is 33.2 Å². The highest BCUT2D eigenvalue weighted by Gasteiger charge is 2.17. The van der Waals surface area contributed by atoms with Gasteiger partial charge in [0.05, 0.1) is 5.02 Å². The lowest BCUT2D eigenvalue weighted by atomic mass is 10.0. The van der Waals surface area contributed by atoms with Crippen molar-refractivity contribution >= 4 is 39.9 Å². The van der Waals surface area contributed by atoms with Crippen molar-refractivity contribution in [1.82, 2.24) is 4.98 Å². The van der Waals surface area contributed by atoms with Gasteiger partial charge in [-0.2, -0.15) is 0 Å². The van der Waals surface area contributed by atoms with E-state index in [1.807, 2.05) is 0 Å². The highest BCUT2D eigenvalue weighted by molar-refractivity contribution is 6.36. The minimum atomic E-state index is -0.478. The maximum Gasteiger partial charge on any atom is 0.196 e. The summed E-state index contributed by atoms with van der Waals surface area (Å²) in [7, 11) is 0. The van der Waals surface area contributed by atoms with E-state index in [1.54, 1.807) is 24.4 Å². The van der Waals surface area contributed by atoms with Crippen LogP contribution in [0.3, 0.4) is 0 Å². The largest absolute Gasteiger partial charge is 0.360 e. The molecule has 0 aliphatic rings. The molecule has 1 heterocycles. The first-order valence-corrected chi connectivity index (χ1v) is 6.58. The van der Waals surface area contributed by atoms with Gasteiger partial charge in [-0.1, -0.05) is 23.2 Å². The molecule has 0 unspecified atom stereocenters. The van der Waals surface area contributed by atoms with Crippen molar-refractivity contribution in [1.29, 1.82) is 0 Å². The molecule has 0 spiro atoms. The summed E-state index contributed by atoms with van der Waals surface area (Å²) >= 11 is 11.9. The second-order valence-corrected chi connectivity index (χ2v) is 5.19. The predicted molar refractivity (Wildman–Crippen MR) is 78.2 cm³/mol. The highest BCUT2D eigenvalue weighted by atomic mass is 35.5. The van der Waals surface area contributed by atoms with Gasteiger partial charge in [0.15, 0.2) is 5.78 Å². The number of H-pyrrole nitrogens is 1. The number of hydrogen-bond acceptors (Lipinski definition) is 1. The zero-order chi connectivity index (χ0) is 14.3. The first-order chi connectivity index (χ1) is 9.56. The van der Waals surface area contributed by atoms with Crippen molar-refractivity contribution in [3.8, 4) is 0 Å². The quantitative estimate of drug-likeness (QED) is 0.675. The molecular formula is C15H8Cl2FNO. The van der Waals surface area contributed by atoms with Gasteiger partial charge in [-0.3, -0.25) is 4.79 Å². The molecule has 20 heavy (non-hydrogen) atoms. The Bertz CT molecular complexity index is 826. The fourth-order valence-corrected chi connectivity index (χ4v) is 2.52. The number of nitrogens with one attached hydrogen (secondary N) is 1.